The number of carboxylic acid groups (broad SMARTS) is 2. The number of rotatable bonds is 10. The number of likely N-dealkylation sites (tertiary alicyclic amines) is 1. The number of benzene rings is 1. The molecule has 0 aliphatic carbocycles. The van der Waals surface area contributed by atoms with Crippen molar-refractivity contribution in [2.45, 2.75) is 45.1 Å². The van der Waals surface area contributed by atoms with E-state index in [9.17, 15) is 0 Å². The first-order valence-electron chi connectivity index (χ1n) is 10.4. The van der Waals surface area contributed by atoms with Crippen LogP contribution in [0.2, 0.25) is 0 Å². The fraction of sp³-hybridized carbons (Fsp3) is 0.636. The molecule has 0 unspecified atom stereocenters. The Labute approximate surface area is 178 Å². The van der Waals surface area contributed by atoms with Gasteiger partial charge < -0.3 is 29.3 Å². The molecule has 2 N–H and O–H groups in total. The monoisotopic (exact) mass is 425 g/mol. The first-order valence-corrected chi connectivity index (χ1v) is 10.4. The first kappa shape index (κ1) is 25.7. The van der Waals surface area contributed by atoms with E-state index in [4.69, 9.17) is 34.0 Å². The van der Waals surface area contributed by atoms with Gasteiger partial charge in [-0.1, -0.05) is 25.8 Å². The van der Waals surface area contributed by atoms with Gasteiger partial charge in [0.1, 0.15) is 11.5 Å². The highest BCUT2D eigenvalue weighted by molar-refractivity contribution is 6.27. The zero-order chi connectivity index (χ0) is 22.4. The van der Waals surface area contributed by atoms with Gasteiger partial charge in [0.2, 0.25) is 0 Å². The quantitative estimate of drug-likeness (QED) is 0.435. The lowest BCUT2D eigenvalue weighted by Gasteiger charge is -2.37. The van der Waals surface area contributed by atoms with Crippen molar-refractivity contribution in [2.24, 2.45) is 5.92 Å². The molecule has 1 aromatic rings. The Bertz CT molecular complexity index is 626. The van der Waals surface area contributed by atoms with Crippen LogP contribution in [0.4, 0.5) is 0 Å². The third kappa shape index (κ3) is 9.93. The summed E-state index contributed by atoms with van der Waals surface area (Å²) in [5, 5.41) is 14.8. The largest absolute Gasteiger partial charge is 0.497 e. The van der Waals surface area contributed by atoms with Crippen molar-refractivity contribution in [1.29, 1.82) is 0 Å². The number of carbonyl (C=O) groups is 2. The summed E-state index contributed by atoms with van der Waals surface area (Å²) in [5.74, 6) is -1.35. The first-order chi connectivity index (χ1) is 14.4. The number of nitrogens with zero attached hydrogens (tertiary/aromatic N) is 1. The molecular formula is C22H35NO7. The number of unbranched alkanes of at least 4 members (excludes halogenated alkanes) is 2. The van der Waals surface area contributed by atoms with Gasteiger partial charge in [0.25, 0.3) is 0 Å². The number of hydrogen-bond donors (Lipinski definition) is 2. The van der Waals surface area contributed by atoms with Gasteiger partial charge >= 0.3 is 11.9 Å². The molecule has 1 heterocycles. The highest BCUT2D eigenvalue weighted by Gasteiger charge is 2.28. The average Bonchev–Trinajstić information content (AvgIpc) is 2.75. The smallest absolute Gasteiger partial charge is 0.414 e. The summed E-state index contributed by atoms with van der Waals surface area (Å²) >= 11 is 0. The zero-order valence-electron chi connectivity index (χ0n) is 18.2. The summed E-state index contributed by atoms with van der Waals surface area (Å²) in [6.45, 7) is 6.44. The van der Waals surface area contributed by atoms with E-state index in [-0.39, 0.29) is 0 Å². The number of hydrogen-bond acceptors (Lipinski definition) is 6. The van der Waals surface area contributed by atoms with Crippen LogP contribution in [0.25, 0.3) is 0 Å². The topological polar surface area (TPSA) is 106 Å². The lowest BCUT2D eigenvalue weighted by Crippen LogP contribution is -2.45. The van der Waals surface area contributed by atoms with Crippen LogP contribution < -0.4 is 9.47 Å². The SMILES string of the molecule is CCCCCN1CC[C@@H](CCOc2cccc(OC)c2)[C@H](OC)C1.O=C(O)C(=O)O. The van der Waals surface area contributed by atoms with Crippen molar-refractivity contribution < 1.29 is 34.0 Å². The van der Waals surface area contributed by atoms with E-state index in [0.717, 1.165) is 31.1 Å². The van der Waals surface area contributed by atoms with E-state index < -0.39 is 11.9 Å². The van der Waals surface area contributed by atoms with Crippen molar-refractivity contribution in [3.63, 3.8) is 0 Å². The van der Waals surface area contributed by atoms with Crippen molar-refractivity contribution in [1.82, 2.24) is 4.90 Å². The van der Waals surface area contributed by atoms with Crippen LogP contribution in [0.1, 0.15) is 39.0 Å². The summed E-state index contributed by atoms with van der Waals surface area (Å²) in [4.78, 5) is 20.8. The second-order valence-corrected chi connectivity index (χ2v) is 7.26. The van der Waals surface area contributed by atoms with Gasteiger partial charge in [0, 0.05) is 19.7 Å². The molecule has 0 spiro atoms. The number of aliphatic carboxylic acids is 2. The maximum Gasteiger partial charge on any atom is 0.414 e. The Balaban J connectivity index is 0.000000656. The normalized spacial score (nSPS) is 18.8. The third-order valence-corrected chi connectivity index (χ3v) is 5.14. The van der Waals surface area contributed by atoms with Crippen LogP contribution in [0, 0.1) is 5.92 Å². The maximum atomic E-state index is 9.10. The molecule has 1 aliphatic heterocycles. The van der Waals surface area contributed by atoms with Crippen LogP contribution >= 0.6 is 0 Å². The summed E-state index contributed by atoms with van der Waals surface area (Å²) < 4.78 is 16.9. The minimum atomic E-state index is -1.82. The molecule has 0 amide bonds. The van der Waals surface area contributed by atoms with Crippen LogP contribution in [0.3, 0.4) is 0 Å². The van der Waals surface area contributed by atoms with Crippen molar-refractivity contribution in [3.8, 4) is 11.5 Å². The minimum Gasteiger partial charge on any atom is -0.497 e. The molecule has 170 valence electrons. The van der Waals surface area contributed by atoms with Crippen molar-refractivity contribution in [2.75, 3.05) is 40.5 Å². The maximum absolute atomic E-state index is 9.10. The Morgan fingerprint density at radius 1 is 1.13 bits per heavy atom. The summed E-state index contributed by atoms with van der Waals surface area (Å²) in [5.41, 5.74) is 0. The Hall–Kier alpha value is -2.32. The van der Waals surface area contributed by atoms with E-state index in [2.05, 4.69) is 11.8 Å². The molecule has 8 nitrogen and oxygen atoms in total. The van der Waals surface area contributed by atoms with Gasteiger partial charge in [-0.2, -0.15) is 0 Å². The molecule has 2 atom stereocenters. The van der Waals surface area contributed by atoms with Crippen molar-refractivity contribution >= 4 is 11.9 Å². The molecule has 30 heavy (non-hydrogen) atoms. The Kier molecular flexibility index (Phi) is 12.5. The van der Waals surface area contributed by atoms with Gasteiger partial charge in [0.15, 0.2) is 0 Å². The van der Waals surface area contributed by atoms with Gasteiger partial charge in [-0.3, -0.25) is 0 Å². The fourth-order valence-corrected chi connectivity index (χ4v) is 3.43. The number of methoxy groups -OCH3 is 2. The van der Waals surface area contributed by atoms with E-state index in [1.54, 1.807) is 7.11 Å². The Morgan fingerprint density at radius 3 is 2.43 bits per heavy atom. The molecule has 1 aromatic carbocycles. The second kappa shape index (κ2) is 14.6. The van der Waals surface area contributed by atoms with Crippen LogP contribution in [-0.4, -0.2) is 73.6 Å². The van der Waals surface area contributed by atoms with Crippen molar-refractivity contribution in [3.05, 3.63) is 24.3 Å². The molecule has 0 radical (unpaired) electrons. The highest BCUT2D eigenvalue weighted by atomic mass is 16.5. The molecule has 1 fully saturated rings. The molecule has 0 aromatic heterocycles. The lowest BCUT2D eigenvalue weighted by atomic mass is 9.91. The van der Waals surface area contributed by atoms with E-state index in [1.165, 1.54) is 38.8 Å². The number of ether oxygens (including phenoxy) is 3. The predicted molar refractivity (Wildman–Crippen MR) is 113 cm³/mol. The standard InChI is InChI=1S/C20H33NO3.C2H2O4/c1-4-5-6-12-21-13-10-17(20(16-21)23-3)11-14-24-19-9-7-8-18(15-19)22-2;3-1(4)2(5)6/h7-9,15,17,20H,4-6,10-14,16H2,1-3H3;(H,3,4)(H,5,6)/t17-,20+;/m0./s1. The minimum absolute atomic E-state index is 0.328. The van der Waals surface area contributed by atoms with Crippen LogP contribution in [-0.2, 0) is 14.3 Å². The predicted octanol–water partition coefficient (Wildman–Crippen LogP) is 3.15. The molecule has 2 rings (SSSR count). The van der Waals surface area contributed by atoms with Gasteiger partial charge in [-0.05, 0) is 50.4 Å². The molecule has 1 saturated heterocycles. The lowest BCUT2D eigenvalue weighted by molar-refractivity contribution is -0.159. The summed E-state index contributed by atoms with van der Waals surface area (Å²) in [6.07, 6.45) is 6.48. The molecular weight excluding hydrogens is 390 g/mol. The number of piperidine rings is 1. The third-order valence-electron chi connectivity index (χ3n) is 5.14. The summed E-state index contributed by atoms with van der Waals surface area (Å²) in [7, 11) is 3.52. The zero-order valence-corrected chi connectivity index (χ0v) is 18.2. The van der Waals surface area contributed by atoms with Gasteiger partial charge in [-0.15, -0.1) is 0 Å². The van der Waals surface area contributed by atoms with E-state index >= 15 is 0 Å². The second-order valence-electron chi connectivity index (χ2n) is 7.26. The number of carboxylic acids is 2. The molecule has 1 aliphatic rings. The fourth-order valence-electron chi connectivity index (χ4n) is 3.43. The van der Waals surface area contributed by atoms with Gasteiger partial charge in [-0.25, -0.2) is 9.59 Å². The van der Waals surface area contributed by atoms with Crippen LogP contribution in [0.15, 0.2) is 24.3 Å². The molecule has 0 saturated carbocycles. The van der Waals surface area contributed by atoms with E-state index in [1.807, 2.05) is 31.4 Å². The Morgan fingerprint density at radius 2 is 1.83 bits per heavy atom. The molecule has 8 heteroatoms. The average molecular weight is 426 g/mol. The van der Waals surface area contributed by atoms with Gasteiger partial charge in [0.05, 0.1) is 19.8 Å². The highest BCUT2D eigenvalue weighted by Crippen LogP contribution is 2.25. The van der Waals surface area contributed by atoms with Crippen LogP contribution in [0.5, 0.6) is 11.5 Å². The van der Waals surface area contributed by atoms with E-state index in [0.29, 0.717) is 12.0 Å². The summed E-state index contributed by atoms with van der Waals surface area (Å²) in [6, 6.07) is 7.81. The molecule has 0 bridgehead atoms.